The molecule has 3 aromatic rings. The molecule has 0 saturated carbocycles. The fourth-order valence-corrected chi connectivity index (χ4v) is 2.38. The molecule has 17 heavy (non-hydrogen) atoms. The summed E-state index contributed by atoms with van der Waals surface area (Å²) in [5.74, 6) is 0.887. The van der Waals surface area contributed by atoms with E-state index in [1.165, 1.54) is 0 Å². The fourth-order valence-electron chi connectivity index (χ4n) is 2.38. The highest BCUT2D eigenvalue weighted by Crippen LogP contribution is 2.29. The molecule has 0 fully saturated rings. The van der Waals surface area contributed by atoms with Gasteiger partial charge in [0.25, 0.3) is 0 Å². The molecule has 3 nitrogen and oxygen atoms in total. The molecule has 2 aromatic heterocycles. The lowest BCUT2D eigenvalue weighted by Gasteiger charge is -2.05. The number of aromatic amines is 1. The van der Waals surface area contributed by atoms with E-state index < -0.39 is 0 Å². The second-order valence-electron chi connectivity index (χ2n) is 4.52. The first-order valence-electron chi connectivity index (χ1n) is 5.59. The van der Waals surface area contributed by atoms with Gasteiger partial charge in [0.15, 0.2) is 0 Å². The lowest BCUT2D eigenvalue weighted by Crippen LogP contribution is -2.05. The van der Waals surface area contributed by atoms with Gasteiger partial charge >= 0.3 is 0 Å². The van der Waals surface area contributed by atoms with Gasteiger partial charge in [0.1, 0.15) is 11.3 Å². The molecule has 0 aliphatic rings. The summed E-state index contributed by atoms with van der Waals surface area (Å²) in [6, 6.07) is 5.71. The van der Waals surface area contributed by atoms with E-state index in [1.807, 2.05) is 26.8 Å². The molecule has 86 valence electrons. The van der Waals surface area contributed by atoms with Gasteiger partial charge in [-0.25, -0.2) is 0 Å². The van der Waals surface area contributed by atoms with Gasteiger partial charge in [0.2, 0.25) is 5.56 Å². The average molecular weight is 227 g/mol. The first-order valence-corrected chi connectivity index (χ1v) is 5.59. The van der Waals surface area contributed by atoms with E-state index in [0.717, 1.165) is 38.8 Å². The van der Waals surface area contributed by atoms with Crippen LogP contribution < -0.4 is 5.56 Å². The maximum atomic E-state index is 11.5. The summed E-state index contributed by atoms with van der Waals surface area (Å²) in [5.41, 5.74) is 3.65. The molecule has 3 heteroatoms. The van der Waals surface area contributed by atoms with Gasteiger partial charge in [-0.1, -0.05) is 0 Å². The molecule has 1 aromatic carbocycles. The van der Waals surface area contributed by atoms with Gasteiger partial charge in [0, 0.05) is 22.4 Å². The van der Waals surface area contributed by atoms with Crippen molar-refractivity contribution in [3.63, 3.8) is 0 Å². The van der Waals surface area contributed by atoms with Crippen molar-refractivity contribution in [1.29, 1.82) is 0 Å². The van der Waals surface area contributed by atoms with E-state index in [-0.39, 0.29) is 5.56 Å². The van der Waals surface area contributed by atoms with E-state index in [4.69, 9.17) is 4.42 Å². The SMILES string of the molecule is Cc1cc2cc3c(C)cc(=O)[nH]c3c(C)c2o1. The molecule has 0 unspecified atom stereocenters. The van der Waals surface area contributed by atoms with Crippen LogP contribution in [-0.4, -0.2) is 4.98 Å². The molecule has 0 aliphatic carbocycles. The topological polar surface area (TPSA) is 46.0 Å². The predicted molar refractivity (Wildman–Crippen MR) is 68.6 cm³/mol. The number of furan rings is 1. The smallest absolute Gasteiger partial charge is 0.248 e. The molecule has 0 aliphatic heterocycles. The van der Waals surface area contributed by atoms with Crippen LogP contribution in [0.25, 0.3) is 21.9 Å². The van der Waals surface area contributed by atoms with E-state index >= 15 is 0 Å². The Balaban J connectivity index is 2.63. The van der Waals surface area contributed by atoms with Gasteiger partial charge in [-0.15, -0.1) is 0 Å². The molecule has 0 amide bonds. The lowest BCUT2D eigenvalue weighted by atomic mass is 10.0. The number of aryl methyl sites for hydroxylation is 3. The summed E-state index contributed by atoms with van der Waals surface area (Å²) in [5, 5.41) is 2.16. The second kappa shape index (κ2) is 3.23. The van der Waals surface area contributed by atoms with Crippen LogP contribution in [0.3, 0.4) is 0 Å². The van der Waals surface area contributed by atoms with Crippen molar-refractivity contribution in [3.05, 3.63) is 45.4 Å². The second-order valence-corrected chi connectivity index (χ2v) is 4.52. The van der Waals surface area contributed by atoms with Crippen LogP contribution in [0, 0.1) is 20.8 Å². The number of aromatic nitrogens is 1. The molecular weight excluding hydrogens is 214 g/mol. The maximum absolute atomic E-state index is 11.5. The maximum Gasteiger partial charge on any atom is 0.248 e. The summed E-state index contributed by atoms with van der Waals surface area (Å²) in [4.78, 5) is 14.4. The largest absolute Gasteiger partial charge is 0.461 e. The summed E-state index contributed by atoms with van der Waals surface area (Å²) < 4.78 is 5.66. The predicted octanol–water partition coefficient (Wildman–Crippen LogP) is 3.20. The molecule has 0 saturated heterocycles. The van der Waals surface area contributed by atoms with E-state index in [0.29, 0.717) is 0 Å². The first kappa shape index (κ1) is 10.1. The van der Waals surface area contributed by atoms with Gasteiger partial charge < -0.3 is 9.40 Å². The summed E-state index contributed by atoms with van der Waals surface area (Å²) >= 11 is 0. The molecule has 2 heterocycles. The van der Waals surface area contributed by atoms with Crippen molar-refractivity contribution in [2.45, 2.75) is 20.8 Å². The fraction of sp³-hybridized carbons (Fsp3) is 0.214. The van der Waals surface area contributed by atoms with Crippen LogP contribution in [-0.2, 0) is 0 Å². The summed E-state index contributed by atoms with van der Waals surface area (Å²) in [6.07, 6.45) is 0. The molecule has 0 radical (unpaired) electrons. The first-order chi connectivity index (χ1) is 8.06. The zero-order valence-corrected chi connectivity index (χ0v) is 10.0. The zero-order valence-electron chi connectivity index (χ0n) is 10.0. The van der Waals surface area contributed by atoms with Crippen LogP contribution in [0.1, 0.15) is 16.9 Å². The average Bonchev–Trinajstić information content (AvgIpc) is 2.62. The third-order valence-electron chi connectivity index (χ3n) is 3.19. The van der Waals surface area contributed by atoms with Crippen molar-refractivity contribution in [1.82, 2.24) is 4.98 Å². The van der Waals surface area contributed by atoms with Crippen LogP contribution in [0.15, 0.2) is 27.4 Å². The van der Waals surface area contributed by atoms with Crippen molar-refractivity contribution in [2.75, 3.05) is 0 Å². The van der Waals surface area contributed by atoms with Gasteiger partial charge in [0.05, 0.1) is 5.52 Å². The monoisotopic (exact) mass is 227 g/mol. The molecule has 0 spiro atoms. The van der Waals surface area contributed by atoms with E-state index in [9.17, 15) is 4.79 Å². The number of fused-ring (bicyclic) bond motifs is 2. The standard InChI is InChI=1S/C14H13NO2/c1-7-4-12(16)15-13-9(3)14-10(6-11(7)13)5-8(2)17-14/h4-6H,1-3H3,(H,15,16). The van der Waals surface area contributed by atoms with Crippen LogP contribution >= 0.6 is 0 Å². The van der Waals surface area contributed by atoms with Crippen molar-refractivity contribution in [2.24, 2.45) is 0 Å². The third kappa shape index (κ3) is 1.39. The Kier molecular flexibility index (Phi) is 1.93. The number of hydrogen-bond acceptors (Lipinski definition) is 2. The summed E-state index contributed by atoms with van der Waals surface area (Å²) in [6.45, 7) is 5.86. The third-order valence-corrected chi connectivity index (χ3v) is 3.19. The Bertz CT molecular complexity index is 793. The quantitative estimate of drug-likeness (QED) is 0.641. The van der Waals surface area contributed by atoms with Gasteiger partial charge in [-0.2, -0.15) is 0 Å². The normalized spacial score (nSPS) is 11.5. The minimum Gasteiger partial charge on any atom is -0.461 e. The number of pyridine rings is 1. The molecule has 0 bridgehead atoms. The molecule has 0 atom stereocenters. The molecular formula is C14H13NO2. The number of H-pyrrole nitrogens is 1. The van der Waals surface area contributed by atoms with Crippen LogP contribution in [0.4, 0.5) is 0 Å². The Morgan fingerprint density at radius 1 is 1.12 bits per heavy atom. The van der Waals surface area contributed by atoms with Crippen LogP contribution in [0.2, 0.25) is 0 Å². The highest BCUT2D eigenvalue weighted by molar-refractivity contribution is 5.99. The number of hydrogen-bond donors (Lipinski definition) is 1. The number of benzene rings is 1. The minimum absolute atomic E-state index is 0.0688. The van der Waals surface area contributed by atoms with Crippen molar-refractivity contribution >= 4 is 21.9 Å². The highest BCUT2D eigenvalue weighted by Gasteiger charge is 2.10. The molecule has 3 rings (SSSR count). The van der Waals surface area contributed by atoms with E-state index in [1.54, 1.807) is 6.07 Å². The van der Waals surface area contributed by atoms with E-state index in [2.05, 4.69) is 11.1 Å². The number of rotatable bonds is 0. The highest BCUT2D eigenvalue weighted by atomic mass is 16.3. The zero-order chi connectivity index (χ0) is 12.2. The van der Waals surface area contributed by atoms with Crippen molar-refractivity contribution in [3.8, 4) is 0 Å². The Hall–Kier alpha value is -2.03. The van der Waals surface area contributed by atoms with Gasteiger partial charge in [-0.05, 0) is 38.5 Å². The van der Waals surface area contributed by atoms with Crippen LogP contribution in [0.5, 0.6) is 0 Å². The minimum atomic E-state index is -0.0688. The van der Waals surface area contributed by atoms with Gasteiger partial charge in [-0.3, -0.25) is 4.79 Å². The molecule has 1 N–H and O–H groups in total. The lowest BCUT2D eigenvalue weighted by molar-refractivity contribution is 0.577. The van der Waals surface area contributed by atoms with Crippen molar-refractivity contribution < 1.29 is 4.42 Å². The Labute approximate surface area is 98.1 Å². The number of nitrogens with one attached hydrogen (secondary N) is 1. The Morgan fingerprint density at radius 3 is 2.65 bits per heavy atom. The Morgan fingerprint density at radius 2 is 1.88 bits per heavy atom. The summed E-state index contributed by atoms with van der Waals surface area (Å²) in [7, 11) is 0.